The molecule has 0 bridgehead atoms. The first-order chi connectivity index (χ1) is 13.0. The monoisotopic (exact) mass is 365 g/mol. The van der Waals surface area contributed by atoms with Crippen molar-refractivity contribution in [3.05, 3.63) is 71.5 Å². The minimum absolute atomic E-state index is 0.0179. The lowest BCUT2D eigenvalue weighted by Gasteiger charge is -2.45. The van der Waals surface area contributed by atoms with Crippen LogP contribution >= 0.6 is 0 Å². The first-order valence-electron chi connectivity index (χ1n) is 9.39. The van der Waals surface area contributed by atoms with E-state index in [0.717, 1.165) is 25.1 Å². The van der Waals surface area contributed by atoms with Gasteiger partial charge in [-0.25, -0.2) is 0 Å². The molecular formula is C23H27NO3. The Kier molecular flexibility index (Phi) is 5.97. The number of benzene rings is 2. The van der Waals surface area contributed by atoms with Crippen LogP contribution in [-0.4, -0.2) is 36.1 Å². The minimum Gasteiger partial charge on any atom is -0.508 e. The van der Waals surface area contributed by atoms with Gasteiger partial charge in [0.25, 0.3) is 6.47 Å². The molecule has 1 heterocycles. The zero-order valence-electron chi connectivity index (χ0n) is 16.0. The van der Waals surface area contributed by atoms with E-state index >= 15 is 0 Å². The quantitative estimate of drug-likeness (QED) is 0.615. The van der Waals surface area contributed by atoms with Crippen molar-refractivity contribution in [1.82, 2.24) is 4.90 Å². The normalized spacial score (nSPS) is 23.8. The summed E-state index contributed by atoms with van der Waals surface area (Å²) in [5.41, 5.74) is 2.22. The molecule has 142 valence electrons. The minimum atomic E-state index is 0.0179. The van der Waals surface area contributed by atoms with Crippen molar-refractivity contribution in [2.45, 2.75) is 25.7 Å². The van der Waals surface area contributed by atoms with Crippen LogP contribution in [0.5, 0.6) is 5.75 Å². The van der Waals surface area contributed by atoms with Crippen molar-refractivity contribution < 1.29 is 14.6 Å². The Balaban J connectivity index is 1.71. The van der Waals surface area contributed by atoms with Gasteiger partial charge in [-0.3, -0.25) is 9.69 Å². The van der Waals surface area contributed by atoms with Gasteiger partial charge < -0.3 is 9.84 Å². The second kappa shape index (κ2) is 8.40. The van der Waals surface area contributed by atoms with Gasteiger partial charge in [-0.05, 0) is 53.6 Å². The van der Waals surface area contributed by atoms with E-state index in [-0.39, 0.29) is 5.41 Å². The van der Waals surface area contributed by atoms with E-state index in [1.54, 1.807) is 6.07 Å². The molecule has 0 amide bonds. The van der Waals surface area contributed by atoms with Gasteiger partial charge in [-0.2, -0.15) is 0 Å². The van der Waals surface area contributed by atoms with Gasteiger partial charge >= 0.3 is 0 Å². The van der Waals surface area contributed by atoms with Crippen molar-refractivity contribution in [3.8, 4) is 5.75 Å². The number of rotatable bonds is 6. The van der Waals surface area contributed by atoms with E-state index < -0.39 is 0 Å². The number of ether oxygens (including phenoxy) is 1. The number of carbonyl (C=O) groups is 1. The number of aromatic hydroxyl groups is 1. The molecule has 0 aromatic heterocycles. The Morgan fingerprint density at radius 1 is 1.26 bits per heavy atom. The molecule has 4 heteroatoms. The molecule has 2 aromatic carbocycles. The number of carbonyl (C=O) groups excluding carboxylic acids is 1. The second-order valence-electron chi connectivity index (χ2n) is 7.59. The van der Waals surface area contributed by atoms with Crippen molar-refractivity contribution in [3.63, 3.8) is 0 Å². The fourth-order valence-electron chi connectivity index (χ4n) is 3.88. The van der Waals surface area contributed by atoms with E-state index in [4.69, 9.17) is 4.74 Å². The molecule has 0 saturated carbocycles. The first kappa shape index (κ1) is 19.2. The molecule has 2 aromatic rings. The number of phenolic OH excluding ortho intramolecular Hbond substituents is 1. The molecule has 0 spiro atoms. The lowest BCUT2D eigenvalue weighted by Crippen LogP contribution is -2.47. The highest BCUT2D eigenvalue weighted by Gasteiger charge is 2.38. The summed E-state index contributed by atoms with van der Waals surface area (Å²) in [6.45, 7) is 7.43. The van der Waals surface area contributed by atoms with E-state index in [2.05, 4.69) is 24.8 Å². The molecule has 1 saturated heterocycles. The Morgan fingerprint density at radius 3 is 2.70 bits per heavy atom. The molecular weight excluding hydrogens is 338 g/mol. The Bertz CT molecular complexity index is 802. The maximum atomic E-state index is 10.9. The smallest absolute Gasteiger partial charge is 0.298 e. The Hall–Kier alpha value is -2.59. The molecule has 2 atom stereocenters. The Morgan fingerprint density at radius 2 is 2.04 bits per heavy atom. The van der Waals surface area contributed by atoms with Crippen molar-refractivity contribution in [2.75, 3.05) is 19.6 Å². The van der Waals surface area contributed by atoms with Gasteiger partial charge in [-0.15, -0.1) is 0 Å². The lowest BCUT2D eigenvalue weighted by atomic mass is 9.68. The average Bonchev–Trinajstić information content (AvgIpc) is 2.66. The number of nitrogens with zero attached hydrogens (tertiary/aromatic N) is 1. The van der Waals surface area contributed by atoms with Crippen LogP contribution in [0.3, 0.4) is 0 Å². The summed E-state index contributed by atoms with van der Waals surface area (Å²) in [7, 11) is 0. The summed E-state index contributed by atoms with van der Waals surface area (Å²) >= 11 is 0. The molecule has 1 N–H and O–H groups in total. The molecule has 1 fully saturated rings. The first-order valence-corrected chi connectivity index (χ1v) is 9.39. The third-order valence-corrected chi connectivity index (χ3v) is 5.78. The van der Waals surface area contributed by atoms with Crippen LogP contribution in [0.1, 0.15) is 31.4 Å². The average molecular weight is 365 g/mol. The summed E-state index contributed by atoms with van der Waals surface area (Å²) in [6.07, 6.45) is 2.90. The largest absolute Gasteiger partial charge is 0.508 e. The van der Waals surface area contributed by atoms with Crippen LogP contribution in [0.15, 0.2) is 60.4 Å². The van der Waals surface area contributed by atoms with Crippen LogP contribution in [-0.2, 0) is 14.9 Å². The predicted octanol–water partition coefficient (Wildman–Crippen LogP) is 4.21. The fraction of sp³-hybridized carbons (Fsp3) is 0.348. The standard InChI is InChI=1S/C23H27NO3/c1-18-15-24(12-11-23(18,2)20-9-6-10-21(26)14-20)16-22(27-17-25)13-19-7-4-3-5-8-19/h3-10,13-14,17-18,26H,11-12,15-16H2,1-2H3/b22-13+/t18-,23+/m0/s1. The highest BCUT2D eigenvalue weighted by molar-refractivity contribution is 5.54. The van der Waals surface area contributed by atoms with E-state index in [0.29, 0.717) is 30.4 Å². The van der Waals surface area contributed by atoms with Crippen LogP contribution in [0.25, 0.3) is 6.08 Å². The summed E-state index contributed by atoms with van der Waals surface area (Å²) in [4.78, 5) is 13.3. The SMILES string of the molecule is C[C@H]1CN(C/C(=C\c2ccccc2)OC=O)CC[C@@]1(C)c1cccc(O)c1. The van der Waals surface area contributed by atoms with Crippen molar-refractivity contribution in [2.24, 2.45) is 5.92 Å². The highest BCUT2D eigenvalue weighted by Crippen LogP contribution is 2.40. The molecule has 1 aliphatic rings. The molecule has 0 aliphatic carbocycles. The zero-order valence-corrected chi connectivity index (χ0v) is 16.0. The third kappa shape index (κ3) is 4.58. The number of hydrogen-bond donors (Lipinski definition) is 1. The molecule has 1 aliphatic heterocycles. The van der Waals surface area contributed by atoms with Gasteiger partial charge in [0.05, 0.1) is 6.54 Å². The topological polar surface area (TPSA) is 49.8 Å². The molecule has 3 rings (SSSR count). The van der Waals surface area contributed by atoms with Crippen LogP contribution in [0, 0.1) is 5.92 Å². The molecule has 0 radical (unpaired) electrons. The van der Waals surface area contributed by atoms with Crippen LogP contribution in [0.2, 0.25) is 0 Å². The number of hydrogen-bond acceptors (Lipinski definition) is 4. The zero-order chi connectivity index (χ0) is 19.3. The maximum absolute atomic E-state index is 10.9. The van der Waals surface area contributed by atoms with E-state index in [9.17, 15) is 9.90 Å². The lowest BCUT2D eigenvalue weighted by molar-refractivity contribution is -0.125. The maximum Gasteiger partial charge on any atom is 0.298 e. The van der Waals surface area contributed by atoms with Crippen molar-refractivity contribution >= 4 is 12.5 Å². The summed E-state index contributed by atoms with van der Waals surface area (Å²) in [6, 6.07) is 17.5. The molecule has 27 heavy (non-hydrogen) atoms. The van der Waals surface area contributed by atoms with Crippen molar-refractivity contribution in [1.29, 1.82) is 0 Å². The summed E-state index contributed by atoms with van der Waals surface area (Å²) in [5, 5.41) is 9.85. The molecule has 0 unspecified atom stereocenters. The van der Waals surface area contributed by atoms with Crippen LogP contribution < -0.4 is 0 Å². The highest BCUT2D eigenvalue weighted by atomic mass is 16.5. The second-order valence-corrected chi connectivity index (χ2v) is 7.59. The Labute approximate surface area is 161 Å². The predicted molar refractivity (Wildman–Crippen MR) is 107 cm³/mol. The molecule has 4 nitrogen and oxygen atoms in total. The number of phenols is 1. The van der Waals surface area contributed by atoms with Crippen LogP contribution in [0.4, 0.5) is 0 Å². The van der Waals surface area contributed by atoms with Gasteiger partial charge in [-0.1, -0.05) is 56.3 Å². The van der Waals surface area contributed by atoms with Gasteiger partial charge in [0.15, 0.2) is 0 Å². The summed E-state index contributed by atoms with van der Waals surface area (Å²) in [5.74, 6) is 1.38. The fourth-order valence-corrected chi connectivity index (χ4v) is 3.88. The number of likely N-dealkylation sites (tertiary alicyclic amines) is 1. The van der Waals surface area contributed by atoms with E-state index in [1.807, 2.05) is 48.5 Å². The third-order valence-electron chi connectivity index (χ3n) is 5.78. The summed E-state index contributed by atoms with van der Waals surface area (Å²) < 4.78 is 5.24. The van der Waals surface area contributed by atoms with E-state index in [1.165, 1.54) is 5.56 Å². The number of piperidine rings is 1. The van der Waals surface area contributed by atoms with Gasteiger partial charge in [0.1, 0.15) is 11.5 Å². The van der Waals surface area contributed by atoms with Gasteiger partial charge in [0, 0.05) is 6.54 Å². The van der Waals surface area contributed by atoms with Gasteiger partial charge in [0.2, 0.25) is 0 Å².